The van der Waals surface area contributed by atoms with Gasteiger partial charge in [-0.15, -0.1) is 0 Å². The van der Waals surface area contributed by atoms with Crippen molar-refractivity contribution in [1.82, 2.24) is 9.55 Å². The molecule has 6 heteroatoms. The van der Waals surface area contributed by atoms with E-state index in [-0.39, 0.29) is 16.6 Å². The number of aromatic nitrogens is 2. The lowest BCUT2D eigenvalue weighted by Crippen LogP contribution is -2.25. The Balaban J connectivity index is 1.93. The van der Waals surface area contributed by atoms with Crippen LogP contribution in [0.5, 0.6) is 5.75 Å². The monoisotopic (exact) mass is 382 g/mol. The number of nitrogens with zero attached hydrogens (tertiary/aromatic N) is 2. The van der Waals surface area contributed by atoms with Gasteiger partial charge in [0.25, 0.3) is 5.56 Å². The maximum atomic E-state index is 12.8. The summed E-state index contributed by atoms with van der Waals surface area (Å²) in [4.78, 5) is 30.3. The van der Waals surface area contributed by atoms with E-state index in [2.05, 4.69) is 4.98 Å². The van der Waals surface area contributed by atoms with Crippen LogP contribution in [0, 0.1) is 0 Å². The summed E-state index contributed by atoms with van der Waals surface area (Å²) in [5.41, 5.74) is 1.21. The van der Waals surface area contributed by atoms with Crippen molar-refractivity contribution in [3.8, 4) is 5.75 Å². The molecule has 0 N–H and O–H groups in total. The largest absolute Gasteiger partial charge is 0.497 e. The fourth-order valence-corrected chi connectivity index (χ4v) is 3.87. The predicted molar refractivity (Wildman–Crippen MR) is 109 cm³/mol. The summed E-state index contributed by atoms with van der Waals surface area (Å²) < 4.78 is 6.81. The normalized spacial score (nSPS) is 12.1. The molecule has 0 unspecified atom stereocenters. The molecule has 1 heterocycles. The van der Waals surface area contributed by atoms with Gasteiger partial charge in [0.15, 0.2) is 10.9 Å². The van der Waals surface area contributed by atoms with Crippen LogP contribution in [0.25, 0.3) is 10.9 Å². The number of carbonyl (C=O) groups is 1. The van der Waals surface area contributed by atoms with Crippen LogP contribution in [-0.4, -0.2) is 27.7 Å². The van der Waals surface area contributed by atoms with E-state index in [1.54, 1.807) is 42.0 Å². The second-order valence-corrected chi connectivity index (χ2v) is 7.53. The van der Waals surface area contributed by atoms with E-state index in [4.69, 9.17) is 4.74 Å². The number of para-hydroxylation sites is 1. The van der Waals surface area contributed by atoms with Crippen molar-refractivity contribution in [3.05, 3.63) is 64.4 Å². The van der Waals surface area contributed by atoms with E-state index in [0.717, 1.165) is 6.42 Å². The van der Waals surface area contributed by atoms with Crippen molar-refractivity contribution >= 4 is 28.4 Å². The molecule has 5 nitrogen and oxygen atoms in total. The molecule has 0 aliphatic heterocycles. The van der Waals surface area contributed by atoms with E-state index in [1.807, 2.05) is 32.0 Å². The van der Waals surface area contributed by atoms with E-state index in [0.29, 0.717) is 33.9 Å². The highest BCUT2D eigenvalue weighted by molar-refractivity contribution is 8.00. The standard InChI is InChI=1S/C21H22N2O3S/c1-4-13-23-20(25)17-7-5-6-8-18(17)22-21(23)27-14(2)19(24)15-9-11-16(26-3)12-10-15/h5-12,14H,4,13H2,1-3H3/t14-/m1/s1. The van der Waals surface area contributed by atoms with Crippen LogP contribution in [0.4, 0.5) is 0 Å². The van der Waals surface area contributed by atoms with Crippen molar-refractivity contribution in [2.75, 3.05) is 7.11 Å². The fraction of sp³-hybridized carbons (Fsp3) is 0.286. The van der Waals surface area contributed by atoms with Crippen LogP contribution in [-0.2, 0) is 6.54 Å². The van der Waals surface area contributed by atoms with Gasteiger partial charge in [0.1, 0.15) is 5.75 Å². The zero-order valence-corrected chi connectivity index (χ0v) is 16.5. The second-order valence-electron chi connectivity index (χ2n) is 6.22. The number of methoxy groups -OCH3 is 1. The summed E-state index contributed by atoms with van der Waals surface area (Å²) in [5, 5.41) is 0.814. The number of fused-ring (bicyclic) bond motifs is 1. The number of thioether (sulfide) groups is 1. The predicted octanol–water partition coefficient (Wildman–Crippen LogP) is 4.18. The molecule has 3 aromatic rings. The first-order valence-electron chi connectivity index (χ1n) is 8.89. The molecular formula is C21H22N2O3S. The molecule has 0 amide bonds. The number of carbonyl (C=O) groups excluding carboxylic acids is 1. The zero-order valence-electron chi connectivity index (χ0n) is 15.6. The quantitative estimate of drug-likeness (QED) is 0.348. The van der Waals surface area contributed by atoms with Crippen LogP contribution in [0.1, 0.15) is 30.6 Å². The number of ether oxygens (including phenoxy) is 1. The minimum Gasteiger partial charge on any atom is -0.497 e. The van der Waals surface area contributed by atoms with E-state index < -0.39 is 0 Å². The molecule has 1 atom stereocenters. The van der Waals surface area contributed by atoms with Gasteiger partial charge in [0.05, 0.1) is 23.3 Å². The molecular weight excluding hydrogens is 360 g/mol. The van der Waals surface area contributed by atoms with E-state index in [1.165, 1.54) is 11.8 Å². The number of Topliss-reactive ketones (excluding diaryl/α,β-unsaturated/α-hetero) is 1. The van der Waals surface area contributed by atoms with Crippen LogP contribution in [0.15, 0.2) is 58.5 Å². The molecule has 3 rings (SSSR count). The summed E-state index contributed by atoms with van der Waals surface area (Å²) in [6.45, 7) is 4.43. The average molecular weight is 382 g/mol. The van der Waals surface area contributed by atoms with Gasteiger partial charge in [0, 0.05) is 12.1 Å². The van der Waals surface area contributed by atoms with Crippen molar-refractivity contribution in [2.45, 2.75) is 37.2 Å². The van der Waals surface area contributed by atoms with Crippen LogP contribution < -0.4 is 10.3 Å². The van der Waals surface area contributed by atoms with Gasteiger partial charge < -0.3 is 4.74 Å². The molecule has 0 aliphatic rings. The topological polar surface area (TPSA) is 61.2 Å². The summed E-state index contributed by atoms with van der Waals surface area (Å²) in [5.74, 6) is 0.702. The average Bonchev–Trinajstić information content (AvgIpc) is 2.70. The lowest BCUT2D eigenvalue weighted by atomic mass is 10.1. The van der Waals surface area contributed by atoms with Crippen molar-refractivity contribution in [1.29, 1.82) is 0 Å². The lowest BCUT2D eigenvalue weighted by molar-refractivity contribution is 0.0994. The first-order chi connectivity index (χ1) is 13.0. The van der Waals surface area contributed by atoms with Crippen molar-refractivity contribution in [3.63, 3.8) is 0 Å². The molecule has 0 fully saturated rings. The molecule has 0 aliphatic carbocycles. The Labute approximate surface area is 162 Å². The molecule has 0 saturated heterocycles. The number of hydrogen-bond donors (Lipinski definition) is 0. The maximum absolute atomic E-state index is 12.8. The van der Waals surface area contributed by atoms with Crippen molar-refractivity contribution < 1.29 is 9.53 Å². The van der Waals surface area contributed by atoms with Gasteiger partial charge in [0.2, 0.25) is 0 Å². The van der Waals surface area contributed by atoms with Crippen LogP contribution in [0.3, 0.4) is 0 Å². The van der Waals surface area contributed by atoms with Crippen LogP contribution in [0.2, 0.25) is 0 Å². The summed E-state index contributed by atoms with van der Waals surface area (Å²) >= 11 is 1.32. The SMILES string of the molecule is CCCn1c(S[C@H](C)C(=O)c2ccc(OC)cc2)nc2ccccc2c1=O. The van der Waals surface area contributed by atoms with Gasteiger partial charge in [-0.05, 0) is 49.7 Å². The summed E-state index contributed by atoms with van der Waals surface area (Å²) in [6, 6.07) is 14.4. The van der Waals surface area contributed by atoms with Gasteiger partial charge in [-0.25, -0.2) is 4.98 Å². The van der Waals surface area contributed by atoms with E-state index >= 15 is 0 Å². The Kier molecular flexibility index (Phi) is 5.96. The van der Waals surface area contributed by atoms with Gasteiger partial charge >= 0.3 is 0 Å². The summed E-state index contributed by atoms with van der Waals surface area (Å²) in [7, 11) is 1.59. The van der Waals surface area contributed by atoms with Gasteiger partial charge in [-0.2, -0.15) is 0 Å². The highest BCUT2D eigenvalue weighted by Crippen LogP contribution is 2.26. The Morgan fingerprint density at radius 1 is 1.19 bits per heavy atom. The highest BCUT2D eigenvalue weighted by Gasteiger charge is 2.20. The lowest BCUT2D eigenvalue weighted by Gasteiger charge is -2.15. The number of benzene rings is 2. The minimum absolute atomic E-state index is 0.00638. The molecule has 0 radical (unpaired) electrons. The molecule has 0 bridgehead atoms. The highest BCUT2D eigenvalue weighted by atomic mass is 32.2. The molecule has 27 heavy (non-hydrogen) atoms. The Hall–Kier alpha value is -2.60. The first-order valence-corrected chi connectivity index (χ1v) is 9.77. The second kappa shape index (κ2) is 8.39. The zero-order chi connectivity index (χ0) is 19.4. The summed E-state index contributed by atoms with van der Waals surface area (Å²) in [6.07, 6.45) is 0.814. The molecule has 140 valence electrons. The van der Waals surface area contributed by atoms with E-state index in [9.17, 15) is 9.59 Å². The Morgan fingerprint density at radius 3 is 2.56 bits per heavy atom. The van der Waals surface area contributed by atoms with Crippen LogP contribution >= 0.6 is 11.8 Å². The van der Waals surface area contributed by atoms with Gasteiger partial charge in [-0.1, -0.05) is 30.8 Å². The fourth-order valence-electron chi connectivity index (χ4n) is 2.86. The number of hydrogen-bond acceptors (Lipinski definition) is 5. The third-order valence-electron chi connectivity index (χ3n) is 4.30. The molecule has 1 aromatic heterocycles. The Morgan fingerprint density at radius 2 is 1.89 bits per heavy atom. The Bertz CT molecular complexity index is 1010. The molecule has 2 aromatic carbocycles. The smallest absolute Gasteiger partial charge is 0.262 e. The number of rotatable bonds is 7. The van der Waals surface area contributed by atoms with Crippen molar-refractivity contribution in [2.24, 2.45) is 0 Å². The molecule has 0 spiro atoms. The third-order valence-corrected chi connectivity index (χ3v) is 5.39. The third kappa shape index (κ3) is 4.06. The minimum atomic E-state index is -0.366. The molecule has 0 saturated carbocycles. The first kappa shape index (κ1) is 19.2. The number of ketones is 1. The maximum Gasteiger partial charge on any atom is 0.262 e. The van der Waals surface area contributed by atoms with Gasteiger partial charge in [-0.3, -0.25) is 14.2 Å².